The average Bonchev–Trinajstić information content (AvgIpc) is 2.91. The molecule has 192 valence electrons. The highest BCUT2D eigenvalue weighted by Gasteiger charge is 2.27. The molecule has 1 amide bonds. The molecule has 4 aromatic rings. The average molecular weight is 538 g/mol. The van der Waals surface area contributed by atoms with Crippen LogP contribution >= 0.6 is 23.2 Å². The van der Waals surface area contributed by atoms with Crippen LogP contribution in [-0.2, 0) is 0 Å². The normalized spacial score (nSPS) is 11.9. The van der Waals surface area contributed by atoms with Crippen molar-refractivity contribution in [3.8, 4) is 11.4 Å². The summed E-state index contributed by atoms with van der Waals surface area (Å²) in [6, 6.07) is 18.9. The van der Waals surface area contributed by atoms with Gasteiger partial charge in [-0.1, -0.05) is 48.7 Å². The Morgan fingerprint density at radius 3 is 2.43 bits per heavy atom. The van der Waals surface area contributed by atoms with Gasteiger partial charge in [-0.3, -0.25) is 14.2 Å². The van der Waals surface area contributed by atoms with Crippen molar-refractivity contribution in [3.05, 3.63) is 98.5 Å². The maximum Gasteiger partial charge on any atom is 0.266 e. The zero-order chi connectivity index (χ0) is 26.5. The van der Waals surface area contributed by atoms with Gasteiger partial charge in [0.05, 0.1) is 39.3 Å². The van der Waals surface area contributed by atoms with Crippen molar-refractivity contribution >= 4 is 40.0 Å². The smallest absolute Gasteiger partial charge is 0.266 e. The van der Waals surface area contributed by atoms with E-state index in [4.69, 9.17) is 32.9 Å². The molecule has 1 atom stereocenters. The number of hydrogen-bond acceptors (Lipinski definition) is 4. The fraction of sp³-hybridized carbons (Fsp3) is 0.276. The third kappa shape index (κ3) is 5.65. The molecule has 3 aromatic carbocycles. The number of aromatic nitrogens is 2. The van der Waals surface area contributed by atoms with Crippen LogP contribution in [0, 0.1) is 0 Å². The number of carbonyl (C=O) groups excluding carboxylic acids is 1. The van der Waals surface area contributed by atoms with Crippen LogP contribution in [0.3, 0.4) is 0 Å². The number of halogens is 2. The van der Waals surface area contributed by atoms with E-state index in [1.165, 1.54) is 0 Å². The number of benzene rings is 3. The second-order valence-corrected chi connectivity index (χ2v) is 9.53. The summed E-state index contributed by atoms with van der Waals surface area (Å²) in [6.07, 6.45) is 1.69. The Hall–Kier alpha value is -3.35. The minimum absolute atomic E-state index is 0.200. The molecule has 0 aliphatic carbocycles. The molecule has 0 bridgehead atoms. The molecule has 0 radical (unpaired) electrons. The number of fused-ring (bicyclic) bond motifs is 1. The Kier molecular flexibility index (Phi) is 8.52. The number of amides is 1. The van der Waals surface area contributed by atoms with Crippen LogP contribution in [0.15, 0.2) is 71.5 Å². The van der Waals surface area contributed by atoms with E-state index >= 15 is 0 Å². The maximum atomic E-state index is 13.8. The van der Waals surface area contributed by atoms with Crippen LogP contribution in [0.1, 0.15) is 55.8 Å². The lowest BCUT2D eigenvalue weighted by atomic mass is 10.1. The van der Waals surface area contributed by atoms with Gasteiger partial charge in [-0.2, -0.15) is 0 Å². The Morgan fingerprint density at radius 2 is 1.76 bits per heavy atom. The molecule has 0 saturated carbocycles. The van der Waals surface area contributed by atoms with Crippen molar-refractivity contribution in [2.75, 3.05) is 13.2 Å². The summed E-state index contributed by atoms with van der Waals surface area (Å²) in [5.41, 5.74) is 1.45. The Balaban J connectivity index is 1.87. The Labute approximate surface area is 226 Å². The largest absolute Gasteiger partial charge is 0.494 e. The summed E-state index contributed by atoms with van der Waals surface area (Å²) >= 11 is 12.3. The molecular formula is C29H29Cl2N3O3. The number of rotatable bonds is 9. The van der Waals surface area contributed by atoms with Crippen molar-refractivity contribution < 1.29 is 9.53 Å². The summed E-state index contributed by atoms with van der Waals surface area (Å²) in [5.74, 6) is 0.972. The van der Waals surface area contributed by atoms with Gasteiger partial charge in [0, 0.05) is 12.1 Å². The molecule has 1 heterocycles. The second-order valence-electron chi connectivity index (χ2n) is 8.71. The van der Waals surface area contributed by atoms with Gasteiger partial charge in [-0.25, -0.2) is 4.98 Å². The van der Waals surface area contributed by atoms with Crippen LogP contribution in [0.25, 0.3) is 16.6 Å². The molecule has 0 spiro atoms. The Morgan fingerprint density at radius 1 is 1.03 bits per heavy atom. The van der Waals surface area contributed by atoms with Crippen LogP contribution < -0.4 is 10.3 Å². The van der Waals surface area contributed by atoms with E-state index in [1.54, 1.807) is 33.7 Å². The molecule has 0 aliphatic heterocycles. The molecule has 0 N–H and O–H groups in total. The molecule has 8 heteroatoms. The maximum absolute atomic E-state index is 13.8. The summed E-state index contributed by atoms with van der Waals surface area (Å²) < 4.78 is 7.17. The van der Waals surface area contributed by atoms with Crippen LogP contribution in [0.2, 0.25) is 10.0 Å². The predicted octanol–water partition coefficient (Wildman–Crippen LogP) is 7.09. The Bertz CT molecular complexity index is 1470. The highest BCUT2D eigenvalue weighted by atomic mass is 35.5. The van der Waals surface area contributed by atoms with E-state index in [1.807, 2.05) is 56.3 Å². The fourth-order valence-corrected chi connectivity index (χ4v) is 4.57. The van der Waals surface area contributed by atoms with Crippen LogP contribution in [-0.4, -0.2) is 33.5 Å². The molecule has 1 unspecified atom stereocenters. The fourth-order valence-electron chi connectivity index (χ4n) is 4.27. The summed E-state index contributed by atoms with van der Waals surface area (Å²) in [4.78, 5) is 34.2. The number of unbranched alkanes of at least 4 members (excludes halogenated alkanes) is 1. The molecule has 0 fully saturated rings. The number of para-hydroxylation sites is 1. The van der Waals surface area contributed by atoms with Gasteiger partial charge < -0.3 is 9.64 Å². The number of hydrogen-bond donors (Lipinski definition) is 0. The highest BCUT2D eigenvalue weighted by Crippen LogP contribution is 2.28. The lowest BCUT2D eigenvalue weighted by Gasteiger charge is -2.31. The first kappa shape index (κ1) is 26.7. The standard InChI is InChI=1S/C29H29Cl2N3O3/c1-4-6-17-33(28(35)20-11-16-24(30)25(31)18-20)19(3)27-32-26-10-8-7-9-23(26)29(36)34(27)21-12-14-22(15-13-21)37-5-2/h7-16,18-19H,4-6,17H2,1-3H3. The molecule has 0 aliphatic rings. The van der Waals surface area contributed by atoms with E-state index in [9.17, 15) is 9.59 Å². The molecule has 1 aromatic heterocycles. The van der Waals surface area contributed by atoms with Crippen molar-refractivity contribution in [2.24, 2.45) is 0 Å². The monoisotopic (exact) mass is 537 g/mol. The first-order chi connectivity index (χ1) is 17.8. The van der Waals surface area contributed by atoms with E-state index in [2.05, 4.69) is 6.92 Å². The number of ether oxygens (including phenoxy) is 1. The molecule has 6 nitrogen and oxygen atoms in total. The van der Waals surface area contributed by atoms with Gasteiger partial charge in [0.25, 0.3) is 11.5 Å². The predicted molar refractivity (Wildman–Crippen MR) is 149 cm³/mol. The highest BCUT2D eigenvalue weighted by molar-refractivity contribution is 6.42. The van der Waals surface area contributed by atoms with Gasteiger partial charge in [0.2, 0.25) is 0 Å². The number of nitrogens with zero attached hydrogens (tertiary/aromatic N) is 3. The van der Waals surface area contributed by atoms with Gasteiger partial charge in [0.1, 0.15) is 11.6 Å². The zero-order valence-electron chi connectivity index (χ0n) is 21.1. The molecular weight excluding hydrogens is 509 g/mol. The van der Waals surface area contributed by atoms with Crippen molar-refractivity contribution in [3.63, 3.8) is 0 Å². The minimum Gasteiger partial charge on any atom is -0.494 e. The molecule has 37 heavy (non-hydrogen) atoms. The molecule has 4 rings (SSSR count). The topological polar surface area (TPSA) is 64.4 Å². The summed E-state index contributed by atoms with van der Waals surface area (Å²) in [5, 5.41) is 1.20. The van der Waals surface area contributed by atoms with E-state index < -0.39 is 6.04 Å². The van der Waals surface area contributed by atoms with Gasteiger partial charge >= 0.3 is 0 Å². The van der Waals surface area contributed by atoms with Gasteiger partial charge in [0.15, 0.2) is 0 Å². The van der Waals surface area contributed by atoms with E-state index in [0.717, 1.165) is 12.8 Å². The van der Waals surface area contributed by atoms with Crippen molar-refractivity contribution in [2.45, 2.75) is 39.7 Å². The van der Waals surface area contributed by atoms with E-state index in [-0.39, 0.29) is 11.5 Å². The quantitative estimate of drug-likeness (QED) is 0.228. The van der Waals surface area contributed by atoms with Crippen molar-refractivity contribution in [1.82, 2.24) is 14.5 Å². The van der Waals surface area contributed by atoms with Crippen molar-refractivity contribution in [1.29, 1.82) is 0 Å². The first-order valence-electron chi connectivity index (χ1n) is 12.4. The third-order valence-electron chi connectivity index (χ3n) is 6.23. The van der Waals surface area contributed by atoms with Crippen LogP contribution in [0.4, 0.5) is 0 Å². The zero-order valence-corrected chi connectivity index (χ0v) is 22.6. The summed E-state index contributed by atoms with van der Waals surface area (Å²) in [6.45, 7) is 6.91. The SMILES string of the molecule is CCCCN(C(=O)c1ccc(Cl)c(Cl)c1)C(C)c1nc2ccccc2c(=O)n1-c1ccc(OCC)cc1. The van der Waals surface area contributed by atoms with Gasteiger partial charge in [-0.05, 0) is 74.9 Å². The number of carbonyl (C=O) groups is 1. The third-order valence-corrected chi connectivity index (χ3v) is 6.97. The lowest BCUT2D eigenvalue weighted by Crippen LogP contribution is -2.38. The van der Waals surface area contributed by atoms with Gasteiger partial charge in [-0.15, -0.1) is 0 Å². The first-order valence-corrected chi connectivity index (χ1v) is 13.1. The van der Waals surface area contributed by atoms with E-state index in [0.29, 0.717) is 56.9 Å². The molecule has 0 saturated heterocycles. The minimum atomic E-state index is -0.516. The lowest BCUT2D eigenvalue weighted by molar-refractivity contribution is 0.0678. The van der Waals surface area contributed by atoms with Crippen LogP contribution in [0.5, 0.6) is 5.75 Å². The second kappa shape index (κ2) is 11.8. The summed E-state index contributed by atoms with van der Waals surface area (Å²) in [7, 11) is 0.